The highest BCUT2D eigenvalue weighted by atomic mass is 16.5. The number of anilines is 1. The van der Waals surface area contributed by atoms with Crippen LogP contribution < -0.4 is 16.2 Å². The molecule has 1 amide bonds. The van der Waals surface area contributed by atoms with Crippen molar-refractivity contribution in [2.24, 2.45) is 11.7 Å². The number of aromatic nitrogens is 4. The Morgan fingerprint density at radius 3 is 2.53 bits per heavy atom. The average molecular weight is 479 g/mol. The van der Waals surface area contributed by atoms with Gasteiger partial charge in [0, 0.05) is 35.2 Å². The second-order valence-corrected chi connectivity index (χ2v) is 9.29. The van der Waals surface area contributed by atoms with E-state index in [1.807, 2.05) is 54.6 Å². The molecule has 1 aliphatic rings. The van der Waals surface area contributed by atoms with Gasteiger partial charge in [0.15, 0.2) is 0 Å². The number of nitrogens with zero attached hydrogens (tertiary/aromatic N) is 4. The monoisotopic (exact) mass is 478 g/mol. The smallest absolute Gasteiger partial charge is 0.220 e. The fourth-order valence-electron chi connectivity index (χ4n) is 5.18. The van der Waals surface area contributed by atoms with Gasteiger partial charge in [0.05, 0.1) is 10.9 Å². The molecule has 0 spiro atoms. The normalized spacial score (nSPS) is 17.9. The number of pyridine rings is 1. The van der Waals surface area contributed by atoms with E-state index < -0.39 is 0 Å². The molecule has 1 aliphatic carbocycles. The molecular formula is C28H26N6O2. The second kappa shape index (κ2) is 8.96. The molecule has 8 heteroatoms. The van der Waals surface area contributed by atoms with E-state index in [0.29, 0.717) is 11.7 Å². The molecule has 4 N–H and O–H groups in total. The largest absolute Gasteiger partial charge is 0.439 e. The zero-order chi connectivity index (χ0) is 24.6. The van der Waals surface area contributed by atoms with Crippen LogP contribution in [0.3, 0.4) is 0 Å². The minimum Gasteiger partial charge on any atom is -0.439 e. The number of para-hydroxylation sites is 1. The highest BCUT2D eigenvalue weighted by Crippen LogP contribution is 2.39. The summed E-state index contributed by atoms with van der Waals surface area (Å²) < 4.78 is 8.13. The first-order chi connectivity index (χ1) is 17.6. The zero-order valence-corrected chi connectivity index (χ0v) is 19.7. The molecule has 2 aromatic carbocycles. The number of carbonyl (C=O) groups excluding carboxylic acids is 1. The molecule has 1 saturated carbocycles. The summed E-state index contributed by atoms with van der Waals surface area (Å²) in [7, 11) is 0. The van der Waals surface area contributed by atoms with Crippen LogP contribution in [0, 0.1) is 5.92 Å². The number of primary amides is 1. The molecule has 0 aliphatic heterocycles. The van der Waals surface area contributed by atoms with Gasteiger partial charge in [0.25, 0.3) is 0 Å². The van der Waals surface area contributed by atoms with Crippen molar-refractivity contribution in [2.75, 3.05) is 5.73 Å². The standard InChI is InChI=1S/C28H26N6O2/c29-26-25-22(15-34(28(25)32-16-31-26)20-11-8-18(9-12-20)27(30)35)19-7-6-17-10-13-24(33-23(17)14-19)36-21-4-2-1-3-5-21/h1-7,10,13-16,18,20H,8-9,11-12H2,(H2,30,35)(H2,29,31,32). The van der Waals surface area contributed by atoms with E-state index in [-0.39, 0.29) is 17.9 Å². The number of hydrogen-bond donors (Lipinski definition) is 2. The molecule has 8 nitrogen and oxygen atoms in total. The fourth-order valence-corrected chi connectivity index (χ4v) is 5.18. The van der Waals surface area contributed by atoms with Crippen molar-refractivity contribution in [3.63, 3.8) is 0 Å². The predicted molar refractivity (Wildman–Crippen MR) is 139 cm³/mol. The summed E-state index contributed by atoms with van der Waals surface area (Å²) >= 11 is 0. The minimum atomic E-state index is -0.211. The highest BCUT2D eigenvalue weighted by Gasteiger charge is 2.28. The van der Waals surface area contributed by atoms with Crippen molar-refractivity contribution in [2.45, 2.75) is 31.7 Å². The van der Waals surface area contributed by atoms with Gasteiger partial charge in [-0.25, -0.2) is 15.0 Å². The van der Waals surface area contributed by atoms with Crippen molar-refractivity contribution in [3.8, 4) is 22.8 Å². The van der Waals surface area contributed by atoms with Crippen molar-refractivity contribution in [1.82, 2.24) is 19.5 Å². The molecule has 3 aromatic heterocycles. The van der Waals surface area contributed by atoms with Crippen molar-refractivity contribution in [1.29, 1.82) is 0 Å². The van der Waals surface area contributed by atoms with E-state index in [1.165, 1.54) is 6.33 Å². The third kappa shape index (κ3) is 4.00. The number of rotatable bonds is 5. The van der Waals surface area contributed by atoms with E-state index in [4.69, 9.17) is 21.2 Å². The van der Waals surface area contributed by atoms with Gasteiger partial charge in [-0.15, -0.1) is 0 Å². The molecule has 5 aromatic rings. The first kappa shape index (κ1) is 22.0. The maximum Gasteiger partial charge on any atom is 0.220 e. The van der Waals surface area contributed by atoms with E-state index >= 15 is 0 Å². The maximum atomic E-state index is 11.6. The van der Waals surface area contributed by atoms with Crippen LogP contribution in [0.15, 0.2) is 73.2 Å². The molecule has 0 saturated heterocycles. The highest BCUT2D eigenvalue weighted by molar-refractivity contribution is 6.02. The second-order valence-electron chi connectivity index (χ2n) is 9.29. The lowest BCUT2D eigenvalue weighted by molar-refractivity contribution is -0.122. The molecule has 36 heavy (non-hydrogen) atoms. The molecule has 0 bridgehead atoms. The SMILES string of the molecule is NC(=O)C1CCC(n2cc(-c3ccc4ccc(Oc5ccccc5)nc4c3)c3c(N)ncnc32)CC1. The van der Waals surface area contributed by atoms with Crippen molar-refractivity contribution < 1.29 is 9.53 Å². The molecule has 0 radical (unpaired) electrons. The van der Waals surface area contributed by atoms with Crippen LogP contribution in [0.1, 0.15) is 31.7 Å². The van der Waals surface area contributed by atoms with Crippen LogP contribution in [0.2, 0.25) is 0 Å². The molecule has 1 fully saturated rings. The quantitative estimate of drug-likeness (QED) is 0.356. The Morgan fingerprint density at radius 2 is 1.75 bits per heavy atom. The Kier molecular flexibility index (Phi) is 5.48. The van der Waals surface area contributed by atoms with Crippen LogP contribution in [-0.4, -0.2) is 25.4 Å². The Hall–Kier alpha value is -4.46. The molecular weight excluding hydrogens is 452 g/mol. The lowest BCUT2D eigenvalue weighted by atomic mass is 9.85. The first-order valence-corrected chi connectivity index (χ1v) is 12.1. The van der Waals surface area contributed by atoms with Crippen LogP contribution >= 0.6 is 0 Å². The van der Waals surface area contributed by atoms with Gasteiger partial charge in [-0.05, 0) is 55.5 Å². The predicted octanol–water partition coefficient (Wildman–Crippen LogP) is 5.24. The van der Waals surface area contributed by atoms with Crippen LogP contribution in [0.4, 0.5) is 5.82 Å². The van der Waals surface area contributed by atoms with Gasteiger partial charge < -0.3 is 20.8 Å². The number of amides is 1. The summed E-state index contributed by atoms with van der Waals surface area (Å²) in [5, 5.41) is 1.84. The van der Waals surface area contributed by atoms with Crippen LogP contribution in [0.5, 0.6) is 11.6 Å². The number of benzene rings is 2. The maximum absolute atomic E-state index is 11.6. The van der Waals surface area contributed by atoms with Crippen LogP contribution in [-0.2, 0) is 4.79 Å². The number of ether oxygens (including phenoxy) is 1. The van der Waals surface area contributed by atoms with Crippen molar-refractivity contribution in [3.05, 3.63) is 73.2 Å². The fraction of sp³-hybridized carbons (Fsp3) is 0.214. The summed E-state index contributed by atoms with van der Waals surface area (Å²) in [6.45, 7) is 0. The first-order valence-electron chi connectivity index (χ1n) is 12.1. The Labute approximate surface area is 207 Å². The third-order valence-corrected chi connectivity index (χ3v) is 7.07. The summed E-state index contributed by atoms with van der Waals surface area (Å²) in [6.07, 6.45) is 6.89. The molecule has 180 valence electrons. The topological polar surface area (TPSA) is 122 Å². The van der Waals surface area contributed by atoms with Gasteiger partial charge in [0.2, 0.25) is 11.8 Å². The van der Waals surface area contributed by atoms with Gasteiger partial charge in [-0.1, -0.05) is 30.3 Å². The minimum absolute atomic E-state index is 0.0545. The molecule has 6 rings (SSSR count). The van der Waals surface area contributed by atoms with E-state index in [1.54, 1.807) is 0 Å². The average Bonchev–Trinajstić information content (AvgIpc) is 3.30. The molecule has 0 atom stereocenters. The summed E-state index contributed by atoms with van der Waals surface area (Å²) in [6, 6.07) is 19.8. The van der Waals surface area contributed by atoms with Crippen LogP contribution in [0.25, 0.3) is 33.1 Å². The van der Waals surface area contributed by atoms with Gasteiger partial charge in [0.1, 0.15) is 23.5 Å². The Balaban J connectivity index is 1.40. The zero-order valence-electron chi connectivity index (χ0n) is 19.7. The van der Waals surface area contributed by atoms with Crippen molar-refractivity contribution >= 4 is 33.7 Å². The lowest BCUT2D eigenvalue weighted by Crippen LogP contribution is -2.28. The lowest BCUT2D eigenvalue weighted by Gasteiger charge is -2.28. The summed E-state index contributed by atoms with van der Waals surface area (Å²) in [4.78, 5) is 25.2. The number of fused-ring (bicyclic) bond motifs is 2. The van der Waals surface area contributed by atoms with E-state index in [9.17, 15) is 4.79 Å². The van der Waals surface area contributed by atoms with E-state index in [0.717, 1.165) is 64.5 Å². The summed E-state index contributed by atoms with van der Waals surface area (Å²) in [5.41, 5.74) is 15.5. The van der Waals surface area contributed by atoms with Gasteiger partial charge in [-0.3, -0.25) is 4.79 Å². The number of nitrogens with two attached hydrogens (primary N) is 2. The number of carbonyl (C=O) groups is 1. The summed E-state index contributed by atoms with van der Waals surface area (Å²) in [5.74, 6) is 1.44. The Bertz CT molecular complexity index is 1570. The third-order valence-electron chi connectivity index (χ3n) is 7.07. The number of hydrogen-bond acceptors (Lipinski definition) is 6. The van der Waals surface area contributed by atoms with Gasteiger partial charge in [-0.2, -0.15) is 0 Å². The Morgan fingerprint density at radius 1 is 0.972 bits per heavy atom. The van der Waals surface area contributed by atoms with Gasteiger partial charge >= 0.3 is 0 Å². The van der Waals surface area contributed by atoms with E-state index in [2.05, 4.69) is 26.8 Å². The number of nitrogen functional groups attached to an aromatic ring is 1. The molecule has 0 unspecified atom stereocenters. The molecule has 3 heterocycles.